The molecule has 0 amide bonds. The molecule has 24 heavy (non-hydrogen) atoms. The zero-order chi connectivity index (χ0) is 16.4. The van der Waals surface area contributed by atoms with Crippen LogP contribution in [0, 0.1) is 0 Å². The zero-order valence-electron chi connectivity index (χ0n) is 13.4. The van der Waals surface area contributed by atoms with Crippen LogP contribution >= 0.6 is 15.9 Å². The lowest BCUT2D eigenvalue weighted by Crippen LogP contribution is -2.41. The topological polar surface area (TPSA) is 38.2 Å². The first-order chi connectivity index (χ1) is 11.8. The lowest BCUT2D eigenvalue weighted by atomic mass is 9.98. The van der Waals surface area contributed by atoms with E-state index in [-0.39, 0.29) is 0 Å². The maximum atomic E-state index is 5.84. The average Bonchev–Trinajstić information content (AvgIpc) is 2.88. The molecule has 0 aliphatic carbocycles. The summed E-state index contributed by atoms with van der Waals surface area (Å²) < 4.78 is 6.93. The molecular formula is C19H20BrN3O. The van der Waals surface area contributed by atoms with Crippen LogP contribution in [0.4, 0.5) is 5.95 Å². The third-order valence-electron chi connectivity index (χ3n) is 4.81. The minimum atomic E-state index is 0.508. The van der Waals surface area contributed by atoms with Gasteiger partial charge in [-0.05, 0) is 55.0 Å². The summed E-state index contributed by atoms with van der Waals surface area (Å²) in [6.07, 6.45) is 10.2. The van der Waals surface area contributed by atoms with Gasteiger partial charge in [-0.1, -0.05) is 28.1 Å². The lowest BCUT2D eigenvalue weighted by Gasteiger charge is -2.35. The number of fused-ring (bicyclic) bond motifs is 2. The van der Waals surface area contributed by atoms with Gasteiger partial charge in [-0.3, -0.25) is 0 Å². The highest BCUT2D eigenvalue weighted by molar-refractivity contribution is 9.10. The molecule has 2 fully saturated rings. The Kier molecular flexibility index (Phi) is 4.52. The predicted molar refractivity (Wildman–Crippen MR) is 97.6 cm³/mol. The third-order valence-corrected chi connectivity index (χ3v) is 5.34. The summed E-state index contributed by atoms with van der Waals surface area (Å²) in [5.41, 5.74) is 2.60. The van der Waals surface area contributed by atoms with E-state index in [1.807, 2.05) is 36.9 Å². The van der Waals surface area contributed by atoms with Crippen molar-refractivity contribution in [3.63, 3.8) is 0 Å². The molecule has 5 heteroatoms. The second-order valence-corrected chi connectivity index (χ2v) is 7.38. The molecule has 2 saturated heterocycles. The zero-order valence-corrected chi connectivity index (χ0v) is 15.0. The molecule has 2 aliphatic rings. The quantitative estimate of drug-likeness (QED) is 0.727. The first-order valence-corrected chi connectivity index (χ1v) is 9.18. The molecule has 1 aromatic carbocycles. The Labute approximate surface area is 150 Å². The first-order valence-electron chi connectivity index (χ1n) is 8.39. The van der Waals surface area contributed by atoms with Gasteiger partial charge in [0.25, 0.3) is 0 Å². The predicted octanol–water partition coefficient (Wildman–Crippen LogP) is 4.47. The average molecular weight is 386 g/mol. The number of aromatic nitrogens is 2. The molecule has 3 heterocycles. The van der Waals surface area contributed by atoms with Crippen LogP contribution in [0.25, 0.3) is 0 Å². The number of hydrogen-bond donors (Lipinski definition) is 0. The van der Waals surface area contributed by atoms with E-state index < -0.39 is 0 Å². The van der Waals surface area contributed by atoms with E-state index in [1.54, 1.807) is 0 Å². The maximum absolute atomic E-state index is 5.84. The number of hydrogen-bond acceptors (Lipinski definition) is 4. The van der Waals surface area contributed by atoms with Crippen LogP contribution < -0.4 is 4.90 Å². The van der Waals surface area contributed by atoms with Crippen LogP contribution in [0.5, 0.6) is 0 Å². The Hall–Kier alpha value is -1.88. The highest BCUT2D eigenvalue weighted by Gasteiger charge is 2.39. The van der Waals surface area contributed by atoms with E-state index in [9.17, 15) is 0 Å². The Balaban J connectivity index is 1.39. The van der Waals surface area contributed by atoms with E-state index in [0.29, 0.717) is 18.7 Å². The molecular weight excluding hydrogens is 366 g/mol. The van der Waals surface area contributed by atoms with Crippen LogP contribution in [0.1, 0.15) is 31.2 Å². The summed E-state index contributed by atoms with van der Waals surface area (Å²) in [5, 5.41) is 0. The summed E-state index contributed by atoms with van der Waals surface area (Å²) in [6.45, 7) is 0.623. The van der Waals surface area contributed by atoms with E-state index in [4.69, 9.17) is 4.74 Å². The number of piperidine rings is 1. The minimum Gasteiger partial charge on any atom is -0.497 e. The molecule has 124 valence electrons. The number of benzene rings is 1. The molecule has 0 saturated carbocycles. The minimum absolute atomic E-state index is 0.508. The van der Waals surface area contributed by atoms with Gasteiger partial charge in [-0.2, -0.15) is 0 Å². The van der Waals surface area contributed by atoms with Gasteiger partial charge in [0, 0.05) is 29.0 Å². The third kappa shape index (κ3) is 3.31. The van der Waals surface area contributed by atoms with Gasteiger partial charge in [-0.15, -0.1) is 0 Å². The molecule has 1 aromatic heterocycles. The van der Waals surface area contributed by atoms with Crippen LogP contribution in [-0.2, 0) is 11.3 Å². The van der Waals surface area contributed by atoms with E-state index >= 15 is 0 Å². The fraction of sp³-hybridized carbons (Fsp3) is 0.368. The molecule has 4 nitrogen and oxygen atoms in total. The Morgan fingerprint density at radius 2 is 1.75 bits per heavy atom. The second-order valence-electron chi connectivity index (χ2n) is 6.46. The normalized spacial score (nSPS) is 22.5. The smallest absolute Gasteiger partial charge is 0.225 e. The van der Waals surface area contributed by atoms with Crippen molar-refractivity contribution in [3.8, 4) is 0 Å². The summed E-state index contributed by atoms with van der Waals surface area (Å²) in [4.78, 5) is 11.3. The number of ether oxygens (including phenoxy) is 1. The summed E-state index contributed by atoms with van der Waals surface area (Å²) >= 11 is 3.45. The molecule has 2 aliphatic heterocycles. The van der Waals surface area contributed by atoms with Crippen LogP contribution in [0.2, 0.25) is 0 Å². The van der Waals surface area contributed by atoms with Gasteiger partial charge in [0.15, 0.2) is 0 Å². The second kappa shape index (κ2) is 6.93. The molecule has 0 N–H and O–H groups in total. The van der Waals surface area contributed by atoms with Gasteiger partial charge < -0.3 is 9.64 Å². The lowest BCUT2D eigenvalue weighted by molar-refractivity contribution is 0.230. The van der Waals surface area contributed by atoms with E-state index in [2.05, 4.69) is 42.9 Å². The number of halogens is 1. The number of nitrogens with zero attached hydrogens (tertiary/aromatic N) is 3. The first kappa shape index (κ1) is 15.6. The van der Waals surface area contributed by atoms with Crippen molar-refractivity contribution >= 4 is 21.9 Å². The van der Waals surface area contributed by atoms with Gasteiger partial charge in [-0.25, -0.2) is 9.97 Å². The van der Waals surface area contributed by atoms with Crippen molar-refractivity contribution in [2.75, 3.05) is 4.90 Å². The molecule has 2 bridgehead atoms. The standard InChI is InChI=1S/C19H20BrN3O/c20-16-4-2-14(3-5-16)12-24-13-15-10-17-6-7-18(11-15)23(17)19-21-8-1-9-22-19/h1-5,8-9,13,17-18H,6-7,10-12H2. The summed E-state index contributed by atoms with van der Waals surface area (Å²) in [5.74, 6) is 0.875. The van der Waals surface area contributed by atoms with Gasteiger partial charge >= 0.3 is 0 Å². The SMILES string of the molecule is Brc1ccc(COC=C2CC3CCC(C2)N3c2ncccn2)cc1. The molecule has 2 unspecified atom stereocenters. The van der Waals surface area contributed by atoms with Crippen LogP contribution in [-0.4, -0.2) is 22.1 Å². The fourth-order valence-electron chi connectivity index (χ4n) is 3.73. The van der Waals surface area contributed by atoms with Crippen molar-refractivity contribution in [3.05, 3.63) is 64.6 Å². The molecule has 2 aromatic rings. The highest BCUT2D eigenvalue weighted by Crippen LogP contribution is 2.40. The van der Waals surface area contributed by atoms with Gasteiger partial charge in [0.2, 0.25) is 5.95 Å². The number of rotatable bonds is 4. The monoisotopic (exact) mass is 385 g/mol. The van der Waals surface area contributed by atoms with E-state index in [1.165, 1.54) is 24.0 Å². The van der Waals surface area contributed by atoms with Crippen LogP contribution in [0.15, 0.2) is 59.0 Å². The summed E-state index contributed by atoms with van der Waals surface area (Å²) in [7, 11) is 0. The molecule has 4 rings (SSSR count). The fourth-order valence-corrected chi connectivity index (χ4v) is 4.00. The van der Waals surface area contributed by atoms with Gasteiger partial charge in [0.1, 0.15) is 6.61 Å². The highest BCUT2D eigenvalue weighted by atomic mass is 79.9. The van der Waals surface area contributed by atoms with Crippen molar-refractivity contribution < 1.29 is 4.74 Å². The largest absolute Gasteiger partial charge is 0.497 e. The summed E-state index contributed by atoms with van der Waals surface area (Å²) in [6, 6.07) is 11.1. The Morgan fingerprint density at radius 3 is 2.42 bits per heavy atom. The number of anilines is 1. The van der Waals surface area contributed by atoms with Crippen LogP contribution in [0.3, 0.4) is 0 Å². The van der Waals surface area contributed by atoms with Crippen molar-refractivity contribution in [2.45, 2.75) is 44.4 Å². The maximum Gasteiger partial charge on any atom is 0.225 e. The molecule has 0 radical (unpaired) electrons. The Morgan fingerprint density at radius 1 is 1.08 bits per heavy atom. The van der Waals surface area contributed by atoms with Crippen molar-refractivity contribution in [1.82, 2.24) is 9.97 Å². The molecule has 0 spiro atoms. The molecule has 2 atom stereocenters. The van der Waals surface area contributed by atoms with Crippen molar-refractivity contribution in [2.24, 2.45) is 0 Å². The Bertz CT molecular complexity index is 701. The van der Waals surface area contributed by atoms with Gasteiger partial charge in [0.05, 0.1) is 6.26 Å². The van der Waals surface area contributed by atoms with E-state index in [0.717, 1.165) is 23.3 Å². The van der Waals surface area contributed by atoms with Crippen molar-refractivity contribution in [1.29, 1.82) is 0 Å².